The number of rotatable bonds is 9. The molecule has 128 valence electrons. The number of ether oxygens (including phenoxy) is 1. The summed E-state index contributed by atoms with van der Waals surface area (Å²) in [7, 11) is 0. The van der Waals surface area contributed by atoms with E-state index in [2.05, 4.69) is 16.3 Å². The highest BCUT2D eigenvalue weighted by molar-refractivity contribution is 5.66. The van der Waals surface area contributed by atoms with Crippen LogP contribution in [0.3, 0.4) is 0 Å². The SMILES string of the molecule is N#Cc1ccc(N=Nc2ccc(OCCCCCC(=O)O)cc2)cc1. The Morgan fingerprint density at radius 1 is 0.960 bits per heavy atom. The number of carboxylic acid groups (broad SMARTS) is 1. The molecule has 0 aliphatic carbocycles. The molecule has 25 heavy (non-hydrogen) atoms. The van der Waals surface area contributed by atoms with Crippen LogP contribution in [-0.4, -0.2) is 17.7 Å². The van der Waals surface area contributed by atoms with Gasteiger partial charge in [0.2, 0.25) is 0 Å². The fourth-order valence-electron chi connectivity index (χ4n) is 2.07. The lowest BCUT2D eigenvalue weighted by Crippen LogP contribution is -1.98. The van der Waals surface area contributed by atoms with Crippen LogP contribution in [0.4, 0.5) is 11.4 Å². The molecule has 6 nitrogen and oxygen atoms in total. The highest BCUT2D eigenvalue weighted by Gasteiger charge is 1.98. The van der Waals surface area contributed by atoms with Crippen LogP contribution in [0, 0.1) is 11.3 Å². The average Bonchev–Trinajstić information content (AvgIpc) is 2.64. The van der Waals surface area contributed by atoms with Gasteiger partial charge in [-0.1, -0.05) is 0 Å². The Morgan fingerprint density at radius 3 is 2.12 bits per heavy atom. The van der Waals surface area contributed by atoms with E-state index in [-0.39, 0.29) is 6.42 Å². The van der Waals surface area contributed by atoms with Crippen molar-refractivity contribution >= 4 is 17.3 Å². The summed E-state index contributed by atoms with van der Waals surface area (Å²) in [5.41, 5.74) is 1.97. The largest absolute Gasteiger partial charge is 0.494 e. The van der Waals surface area contributed by atoms with E-state index in [1.54, 1.807) is 24.3 Å². The molecule has 6 heteroatoms. The molecule has 0 unspecified atom stereocenters. The number of benzene rings is 2. The van der Waals surface area contributed by atoms with Crippen LogP contribution in [0.1, 0.15) is 31.2 Å². The van der Waals surface area contributed by atoms with Crippen molar-refractivity contribution in [1.29, 1.82) is 5.26 Å². The Balaban J connectivity index is 1.76. The predicted octanol–water partition coefficient (Wildman–Crippen LogP) is 5.00. The van der Waals surface area contributed by atoms with Gasteiger partial charge in [0.05, 0.1) is 29.6 Å². The number of nitrogens with zero attached hydrogens (tertiary/aromatic N) is 3. The molecule has 0 atom stereocenters. The minimum Gasteiger partial charge on any atom is -0.494 e. The smallest absolute Gasteiger partial charge is 0.303 e. The molecule has 2 aromatic rings. The predicted molar refractivity (Wildman–Crippen MR) is 93.4 cm³/mol. The first kappa shape index (κ1) is 18.1. The van der Waals surface area contributed by atoms with Crippen molar-refractivity contribution in [1.82, 2.24) is 0 Å². The van der Waals surface area contributed by atoms with E-state index in [1.165, 1.54) is 0 Å². The van der Waals surface area contributed by atoms with Gasteiger partial charge in [0.1, 0.15) is 5.75 Å². The van der Waals surface area contributed by atoms with Crippen LogP contribution in [0.5, 0.6) is 5.75 Å². The third kappa shape index (κ3) is 6.83. The Bertz CT molecular complexity index is 747. The molecule has 0 saturated heterocycles. The van der Waals surface area contributed by atoms with Crippen LogP contribution in [-0.2, 0) is 4.79 Å². The quantitative estimate of drug-likeness (QED) is 0.514. The summed E-state index contributed by atoms with van der Waals surface area (Å²) in [5, 5.41) is 25.6. The van der Waals surface area contributed by atoms with Crippen LogP contribution in [0.15, 0.2) is 58.8 Å². The molecule has 0 spiro atoms. The number of carbonyl (C=O) groups is 1. The lowest BCUT2D eigenvalue weighted by molar-refractivity contribution is -0.137. The van der Waals surface area contributed by atoms with Crippen molar-refractivity contribution in [3.05, 3.63) is 54.1 Å². The van der Waals surface area contributed by atoms with Crippen molar-refractivity contribution in [3.63, 3.8) is 0 Å². The van der Waals surface area contributed by atoms with E-state index in [4.69, 9.17) is 15.1 Å². The van der Waals surface area contributed by atoms with Gasteiger partial charge in [0, 0.05) is 6.42 Å². The van der Waals surface area contributed by atoms with Gasteiger partial charge < -0.3 is 9.84 Å². The fraction of sp³-hybridized carbons (Fsp3) is 0.263. The van der Waals surface area contributed by atoms with Gasteiger partial charge in [0.15, 0.2) is 0 Å². The molecule has 1 N–H and O–H groups in total. The number of nitriles is 1. The highest BCUT2D eigenvalue weighted by Crippen LogP contribution is 2.21. The zero-order valence-corrected chi connectivity index (χ0v) is 13.8. The van der Waals surface area contributed by atoms with Gasteiger partial charge >= 0.3 is 5.97 Å². The summed E-state index contributed by atoms with van der Waals surface area (Å²) in [5.74, 6) is -0.0118. The number of aliphatic carboxylic acids is 1. The maximum Gasteiger partial charge on any atom is 0.303 e. The van der Waals surface area contributed by atoms with Gasteiger partial charge in [-0.15, -0.1) is 0 Å². The average molecular weight is 337 g/mol. The third-order valence-corrected chi connectivity index (χ3v) is 3.42. The van der Waals surface area contributed by atoms with E-state index < -0.39 is 5.97 Å². The monoisotopic (exact) mass is 337 g/mol. The minimum absolute atomic E-state index is 0.207. The molecule has 0 heterocycles. The normalized spacial score (nSPS) is 10.5. The fourth-order valence-corrected chi connectivity index (χ4v) is 2.07. The Labute approximate surface area is 146 Å². The van der Waals surface area contributed by atoms with E-state index >= 15 is 0 Å². The molecule has 0 bridgehead atoms. The zero-order chi connectivity index (χ0) is 17.9. The second-order valence-electron chi connectivity index (χ2n) is 5.41. The number of hydrogen-bond donors (Lipinski definition) is 1. The van der Waals surface area contributed by atoms with E-state index in [0.717, 1.165) is 18.6 Å². The van der Waals surface area contributed by atoms with Crippen molar-refractivity contribution in [2.75, 3.05) is 6.61 Å². The Kier molecular flexibility index (Phi) is 7.13. The van der Waals surface area contributed by atoms with Crippen molar-refractivity contribution in [2.24, 2.45) is 10.2 Å². The molecular formula is C19H19N3O3. The molecule has 2 aromatic carbocycles. The molecule has 0 saturated carbocycles. The van der Waals surface area contributed by atoms with Gasteiger partial charge in [-0.25, -0.2) is 0 Å². The zero-order valence-electron chi connectivity index (χ0n) is 13.8. The summed E-state index contributed by atoms with van der Waals surface area (Å²) >= 11 is 0. The maximum atomic E-state index is 10.4. The number of hydrogen-bond acceptors (Lipinski definition) is 5. The molecule has 0 aromatic heterocycles. The van der Waals surface area contributed by atoms with Crippen molar-refractivity contribution in [3.8, 4) is 11.8 Å². The number of carboxylic acids is 1. The first-order valence-corrected chi connectivity index (χ1v) is 8.04. The molecule has 2 rings (SSSR count). The van der Waals surface area contributed by atoms with Gasteiger partial charge in [-0.2, -0.15) is 15.5 Å². The van der Waals surface area contributed by atoms with E-state index in [9.17, 15) is 4.79 Å². The minimum atomic E-state index is -0.758. The van der Waals surface area contributed by atoms with E-state index in [0.29, 0.717) is 30.0 Å². The van der Waals surface area contributed by atoms with Gasteiger partial charge in [0.25, 0.3) is 0 Å². The molecule has 0 amide bonds. The summed E-state index contributed by atoms with van der Waals surface area (Å²) in [4.78, 5) is 10.4. The van der Waals surface area contributed by atoms with Crippen LogP contribution >= 0.6 is 0 Å². The Morgan fingerprint density at radius 2 is 1.56 bits per heavy atom. The molecule has 0 fully saturated rings. The van der Waals surface area contributed by atoms with Gasteiger partial charge in [-0.3, -0.25) is 4.79 Å². The number of unbranched alkanes of at least 4 members (excludes halogenated alkanes) is 2. The second kappa shape index (κ2) is 9.83. The standard InChI is InChI=1S/C19H19N3O3/c20-14-15-5-7-16(8-6-15)21-22-17-9-11-18(12-10-17)25-13-3-1-2-4-19(23)24/h5-12H,1-4,13H2,(H,23,24). The molecule has 0 radical (unpaired) electrons. The van der Waals surface area contributed by atoms with Crippen molar-refractivity contribution in [2.45, 2.75) is 25.7 Å². The first-order chi connectivity index (χ1) is 12.2. The topological polar surface area (TPSA) is 95.0 Å². The Hall–Kier alpha value is -3.20. The highest BCUT2D eigenvalue weighted by atomic mass is 16.5. The van der Waals surface area contributed by atoms with Gasteiger partial charge in [-0.05, 0) is 67.8 Å². The lowest BCUT2D eigenvalue weighted by atomic mass is 10.2. The number of azo groups is 1. The van der Waals surface area contributed by atoms with Crippen molar-refractivity contribution < 1.29 is 14.6 Å². The first-order valence-electron chi connectivity index (χ1n) is 8.04. The van der Waals surface area contributed by atoms with Crippen LogP contribution in [0.25, 0.3) is 0 Å². The molecule has 0 aliphatic rings. The summed E-state index contributed by atoms with van der Waals surface area (Å²) in [6, 6.07) is 16.2. The second-order valence-corrected chi connectivity index (χ2v) is 5.41. The van der Waals surface area contributed by atoms with Crippen LogP contribution in [0.2, 0.25) is 0 Å². The summed E-state index contributed by atoms with van der Waals surface area (Å²) < 4.78 is 5.61. The lowest BCUT2D eigenvalue weighted by Gasteiger charge is -2.05. The molecular weight excluding hydrogens is 318 g/mol. The third-order valence-electron chi connectivity index (χ3n) is 3.42. The van der Waals surface area contributed by atoms with E-state index in [1.807, 2.05) is 24.3 Å². The van der Waals surface area contributed by atoms with Crippen LogP contribution < -0.4 is 4.74 Å². The summed E-state index contributed by atoms with van der Waals surface area (Å²) in [6.07, 6.45) is 2.54. The maximum absolute atomic E-state index is 10.4. The molecule has 0 aliphatic heterocycles. The summed E-state index contributed by atoms with van der Waals surface area (Å²) in [6.45, 7) is 0.561.